The van der Waals surface area contributed by atoms with Crippen LogP contribution in [0.3, 0.4) is 0 Å². The van der Waals surface area contributed by atoms with Crippen molar-refractivity contribution in [3.63, 3.8) is 0 Å². The summed E-state index contributed by atoms with van der Waals surface area (Å²) >= 11 is 3.28. The second-order valence-corrected chi connectivity index (χ2v) is 4.97. The zero-order chi connectivity index (χ0) is 14.8. The zero-order valence-corrected chi connectivity index (χ0v) is 11.6. The Balaban J connectivity index is 2.14. The summed E-state index contributed by atoms with van der Waals surface area (Å²) in [6.07, 6.45) is -4.74. The van der Waals surface area contributed by atoms with Gasteiger partial charge in [0.1, 0.15) is 18.2 Å². The highest BCUT2D eigenvalue weighted by Crippen LogP contribution is 2.33. The van der Waals surface area contributed by atoms with Crippen LogP contribution in [0.5, 0.6) is 5.75 Å². The van der Waals surface area contributed by atoms with E-state index < -0.39 is 17.6 Å². The molecule has 0 aliphatic carbocycles. The third kappa shape index (κ3) is 3.72. The van der Waals surface area contributed by atoms with Crippen molar-refractivity contribution in [2.45, 2.75) is 12.8 Å². The molecule has 0 radical (unpaired) electrons. The van der Waals surface area contributed by atoms with Gasteiger partial charge in [-0.05, 0) is 35.9 Å². The van der Waals surface area contributed by atoms with Gasteiger partial charge in [0.25, 0.3) is 0 Å². The summed E-state index contributed by atoms with van der Waals surface area (Å²) in [6.45, 7) is 0.0996. The molecule has 0 aliphatic rings. The molecule has 0 atom stereocenters. The van der Waals surface area contributed by atoms with E-state index in [0.717, 1.165) is 16.1 Å². The summed E-state index contributed by atoms with van der Waals surface area (Å²) in [5.74, 6) is -1.34. The standard InChI is InChI=1S/C14H9BrF4O/c15-10-3-1-2-9(6-10)8-20-11-4-5-13(16)12(7-11)14(17,18)19/h1-7H,8H2. The number of rotatable bonds is 3. The first-order chi connectivity index (χ1) is 9.36. The second kappa shape index (κ2) is 5.83. The van der Waals surface area contributed by atoms with Crippen molar-refractivity contribution in [2.75, 3.05) is 0 Å². The average molecular weight is 349 g/mol. The van der Waals surface area contributed by atoms with Crippen LogP contribution >= 0.6 is 15.9 Å². The number of ether oxygens (including phenoxy) is 1. The molecule has 0 amide bonds. The van der Waals surface area contributed by atoms with Crippen molar-refractivity contribution in [1.29, 1.82) is 0 Å². The van der Waals surface area contributed by atoms with E-state index in [1.165, 1.54) is 6.07 Å². The third-order valence-electron chi connectivity index (χ3n) is 2.54. The Morgan fingerprint density at radius 2 is 1.80 bits per heavy atom. The van der Waals surface area contributed by atoms with Crippen LogP contribution in [0.25, 0.3) is 0 Å². The predicted octanol–water partition coefficient (Wildman–Crippen LogP) is 5.19. The molecule has 0 unspecified atom stereocenters. The number of alkyl halides is 3. The topological polar surface area (TPSA) is 9.23 Å². The lowest BCUT2D eigenvalue weighted by Gasteiger charge is -2.11. The lowest BCUT2D eigenvalue weighted by atomic mass is 10.2. The maximum absolute atomic E-state index is 13.1. The second-order valence-electron chi connectivity index (χ2n) is 4.06. The van der Waals surface area contributed by atoms with Gasteiger partial charge in [-0.3, -0.25) is 0 Å². The van der Waals surface area contributed by atoms with Gasteiger partial charge in [-0.25, -0.2) is 4.39 Å². The van der Waals surface area contributed by atoms with Gasteiger partial charge in [0, 0.05) is 4.47 Å². The van der Waals surface area contributed by atoms with E-state index in [1.807, 2.05) is 6.07 Å². The normalized spacial score (nSPS) is 11.4. The van der Waals surface area contributed by atoms with E-state index >= 15 is 0 Å². The zero-order valence-electron chi connectivity index (χ0n) is 10.0. The summed E-state index contributed by atoms with van der Waals surface area (Å²) in [4.78, 5) is 0. The fourth-order valence-electron chi connectivity index (χ4n) is 1.60. The molecule has 2 aromatic carbocycles. The maximum Gasteiger partial charge on any atom is 0.419 e. The Hall–Kier alpha value is -1.56. The van der Waals surface area contributed by atoms with E-state index in [1.54, 1.807) is 18.2 Å². The van der Waals surface area contributed by atoms with Gasteiger partial charge < -0.3 is 4.74 Å². The molecular weight excluding hydrogens is 340 g/mol. The monoisotopic (exact) mass is 348 g/mol. The van der Waals surface area contributed by atoms with Gasteiger partial charge in [-0.15, -0.1) is 0 Å². The van der Waals surface area contributed by atoms with Crippen molar-refractivity contribution in [3.05, 3.63) is 63.9 Å². The van der Waals surface area contributed by atoms with Crippen molar-refractivity contribution < 1.29 is 22.3 Å². The number of halogens is 5. The van der Waals surface area contributed by atoms with E-state index in [9.17, 15) is 17.6 Å². The van der Waals surface area contributed by atoms with Crippen LogP contribution in [0, 0.1) is 5.82 Å². The average Bonchev–Trinajstić information content (AvgIpc) is 2.36. The van der Waals surface area contributed by atoms with Crippen LogP contribution in [0.15, 0.2) is 46.9 Å². The molecule has 0 saturated carbocycles. The van der Waals surface area contributed by atoms with Gasteiger partial charge in [0.15, 0.2) is 0 Å². The molecule has 0 spiro atoms. The molecule has 0 saturated heterocycles. The van der Waals surface area contributed by atoms with Gasteiger partial charge in [0.05, 0.1) is 5.56 Å². The summed E-state index contributed by atoms with van der Waals surface area (Å²) in [6, 6.07) is 9.75. The summed E-state index contributed by atoms with van der Waals surface area (Å²) < 4.78 is 56.8. The molecule has 1 nitrogen and oxygen atoms in total. The van der Waals surface area contributed by atoms with Crippen LogP contribution in [0.1, 0.15) is 11.1 Å². The quantitative estimate of drug-likeness (QED) is 0.694. The predicted molar refractivity (Wildman–Crippen MR) is 69.9 cm³/mol. The van der Waals surface area contributed by atoms with Crippen molar-refractivity contribution in [1.82, 2.24) is 0 Å². The van der Waals surface area contributed by atoms with Gasteiger partial charge in [0.2, 0.25) is 0 Å². The Bertz CT molecular complexity index is 610. The highest BCUT2D eigenvalue weighted by molar-refractivity contribution is 9.10. The molecule has 0 bridgehead atoms. The lowest BCUT2D eigenvalue weighted by molar-refractivity contribution is -0.140. The van der Waals surface area contributed by atoms with Gasteiger partial charge in [-0.1, -0.05) is 28.1 Å². The highest BCUT2D eigenvalue weighted by Gasteiger charge is 2.34. The minimum Gasteiger partial charge on any atom is -0.489 e. The molecular formula is C14H9BrF4O. The molecule has 0 fully saturated rings. The Morgan fingerprint density at radius 1 is 1.05 bits per heavy atom. The first-order valence-corrected chi connectivity index (χ1v) is 6.39. The Kier molecular flexibility index (Phi) is 4.32. The van der Waals surface area contributed by atoms with Crippen molar-refractivity contribution in [3.8, 4) is 5.75 Å². The number of hydrogen-bond donors (Lipinski definition) is 0. The molecule has 2 rings (SSSR count). The van der Waals surface area contributed by atoms with E-state index in [0.29, 0.717) is 6.07 Å². The van der Waals surface area contributed by atoms with Crippen LogP contribution in [-0.2, 0) is 12.8 Å². The molecule has 0 N–H and O–H groups in total. The fraction of sp³-hybridized carbons (Fsp3) is 0.143. The lowest BCUT2D eigenvalue weighted by Crippen LogP contribution is -2.08. The van der Waals surface area contributed by atoms with E-state index in [4.69, 9.17) is 4.74 Å². The molecule has 0 heterocycles. The number of benzene rings is 2. The van der Waals surface area contributed by atoms with Crippen LogP contribution in [0.2, 0.25) is 0 Å². The van der Waals surface area contributed by atoms with Gasteiger partial charge in [-0.2, -0.15) is 13.2 Å². The molecule has 20 heavy (non-hydrogen) atoms. The summed E-state index contributed by atoms with van der Waals surface area (Å²) in [7, 11) is 0. The molecule has 2 aromatic rings. The first kappa shape index (κ1) is 14.8. The minimum atomic E-state index is -4.74. The molecule has 0 aromatic heterocycles. The molecule has 0 aliphatic heterocycles. The third-order valence-corrected chi connectivity index (χ3v) is 3.03. The summed E-state index contributed by atoms with van der Waals surface area (Å²) in [5, 5.41) is 0. The SMILES string of the molecule is Fc1ccc(OCc2cccc(Br)c2)cc1C(F)(F)F. The Morgan fingerprint density at radius 3 is 2.45 bits per heavy atom. The van der Waals surface area contributed by atoms with Gasteiger partial charge >= 0.3 is 6.18 Å². The van der Waals surface area contributed by atoms with Crippen LogP contribution in [0.4, 0.5) is 17.6 Å². The first-order valence-electron chi connectivity index (χ1n) is 5.60. The van der Waals surface area contributed by atoms with Crippen molar-refractivity contribution >= 4 is 15.9 Å². The minimum absolute atomic E-state index is 0.0290. The van der Waals surface area contributed by atoms with Crippen LogP contribution in [-0.4, -0.2) is 0 Å². The van der Waals surface area contributed by atoms with Crippen molar-refractivity contribution in [2.24, 2.45) is 0 Å². The highest BCUT2D eigenvalue weighted by atomic mass is 79.9. The molecule has 6 heteroatoms. The number of hydrogen-bond acceptors (Lipinski definition) is 1. The Labute approximate surface area is 121 Å². The van der Waals surface area contributed by atoms with E-state index in [2.05, 4.69) is 15.9 Å². The summed E-state index contributed by atoms with van der Waals surface area (Å²) in [5.41, 5.74) is -0.540. The van der Waals surface area contributed by atoms with E-state index in [-0.39, 0.29) is 12.4 Å². The fourth-order valence-corrected chi connectivity index (χ4v) is 2.05. The largest absolute Gasteiger partial charge is 0.489 e. The van der Waals surface area contributed by atoms with Crippen LogP contribution < -0.4 is 4.74 Å². The maximum atomic E-state index is 13.1. The molecule has 106 valence electrons. The smallest absolute Gasteiger partial charge is 0.419 e.